The van der Waals surface area contributed by atoms with Gasteiger partial charge in [0.25, 0.3) is 0 Å². The van der Waals surface area contributed by atoms with E-state index in [0.717, 1.165) is 32.9 Å². The number of phenols is 4. The van der Waals surface area contributed by atoms with Crippen molar-refractivity contribution in [2.45, 2.75) is 0 Å². The molecule has 0 bridgehead atoms. The number of aromatic nitrogens is 4. The highest BCUT2D eigenvalue weighted by molar-refractivity contribution is 6.34. The van der Waals surface area contributed by atoms with Gasteiger partial charge in [-0.3, -0.25) is 0 Å². The van der Waals surface area contributed by atoms with Crippen molar-refractivity contribution in [2.75, 3.05) is 0 Å². The summed E-state index contributed by atoms with van der Waals surface area (Å²) >= 11 is 6.16. The monoisotopic (exact) mass is 664 g/mol. The van der Waals surface area contributed by atoms with Gasteiger partial charge in [0.2, 0.25) is 0 Å². The number of aromatic hydroxyl groups is 4. The lowest BCUT2D eigenvalue weighted by atomic mass is 10.0. The molecule has 4 N–H and O–H groups in total. The third-order valence-corrected chi connectivity index (χ3v) is 7.58. The van der Waals surface area contributed by atoms with Gasteiger partial charge in [0, 0.05) is 39.6 Å². The molecule has 2 aromatic heterocycles. The van der Waals surface area contributed by atoms with Crippen LogP contribution in [-0.2, 0) is 0 Å². The van der Waals surface area contributed by atoms with Crippen molar-refractivity contribution in [1.82, 2.24) is 19.9 Å². The van der Waals surface area contributed by atoms with E-state index in [9.17, 15) is 10.2 Å². The SMILES string of the molecule is Clc1nc(-c2ccccc2)nc2ccccc12.Oc1ccc(-c2nc(-c3ccccc3)nc3ccccc23)c(O)c1.Oc1cccc(O)c1. The van der Waals surface area contributed by atoms with Crippen LogP contribution in [0.15, 0.2) is 152 Å². The van der Waals surface area contributed by atoms with Crippen LogP contribution in [0.3, 0.4) is 0 Å². The second-order valence-corrected chi connectivity index (χ2v) is 11.1. The van der Waals surface area contributed by atoms with Crippen LogP contribution in [0.1, 0.15) is 0 Å². The molecule has 8 aromatic rings. The topological polar surface area (TPSA) is 132 Å². The van der Waals surface area contributed by atoms with Crippen molar-refractivity contribution in [1.29, 1.82) is 0 Å². The normalized spacial score (nSPS) is 10.5. The lowest BCUT2D eigenvalue weighted by molar-refractivity contribution is 0.450. The Morgan fingerprint density at radius 2 is 0.898 bits per heavy atom. The molecule has 0 aliphatic carbocycles. The highest BCUT2D eigenvalue weighted by Gasteiger charge is 2.14. The van der Waals surface area contributed by atoms with Crippen LogP contribution < -0.4 is 0 Å². The molecule has 0 saturated heterocycles. The summed E-state index contributed by atoms with van der Waals surface area (Å²) in [5.74, 6) is 1.43. The first kappa shape index (κ1) is 32.4. The molecular formula is C40H29ClN4O4. The Morgan fingerprint density at radius 1 is 0.408 bits per heavy atom. The van der Waals surface area contributed by atoms with E-state index in [1.165, 1.54) is 30.3 Å². The summed E-state index contributed by atoms with van der Waals surface area (Å²) in [6.45, 7) is 0. The fraction of sp³-hybridized carbons (Fsp3) is 0. The summed E-state index contributed by atoms with van der Waals surface area (Å²) in [7, 11) is 0. The zero-order chi connectivity index (χ0) is 34.2. The maximum atomic E-state index is 10.2. The second kappa shape index (κ2) is 14.9. The number of hydrogen-bond acceptors (Lipinski definition) is 8. The maximum Gasteiger partial charge on any atom is 0.161 e. The summed E-state index contributed by atoms with van der Waals surface area (Å²) in [5, 5.41) is 39.3. The van der Waals surface area contributed by atoms with E-state index in [4.69, 9.17) is 21.8 Å². The van der Waals surface area contributed by atoms with Crippen molar-refractivity contribution in [3.8, 4) is 57.0 Å². The molecule has 8 nitrogen and oxygen atoms in total. The van der Waals surface area contributed by atoms with E-state index in [1.54, 1.807) is 12.1 Å². The Kier molecular flexibility index (Phi) is 9.88. The zero-order valence-electron chi connectivity index (χ0n) is 25.9. The first-order valence-electron chi connectivity index (χ1n) is 15.2. The van der Waals surface area contributed by atoms with Crippen LogP contribution in [0.4, 0.5) is 0 Å². The number of rotatable bonds is 3. The molecule has 0 spiro atoms. The van der Waals surface area contributed by atoms with Gasteiger partial charge in [0.15, 0.2) is 11.6 Å². The largest absolute Gasteiger partial charge is 0.508 e. The van der Waals surface area contributed by atoms with Crippen molar-refractivity contribution >= 4 is 33.4 Å². The van der Waals surface area contributed by atoms with Gasteiger partial charge in [0.05, 0.1) is 16.7 Å². The summed E-state index contributed by atoms with van der Waals surface area (Å²) < 4.78 is 0. The molecule has 0 unspecified atom stereocenters. The van der Waals surface area contributed by atoms with Gasteiger partial charge in [0.1, 0.15) is 28.2 Å². The molecule has 0 radical (unpaired) electrons. The Balaban J connectivity index is 0.000000144. The molecule has 9 heteroatoms. The van der Waals surface area contributed by atoms with Gasteiger partial charge in [-0.2, -0.15) is 0 Å². The van der Waals surface area contributed by atoms with Gasteiger partial charge in [-0.1, -0.05) is 109 Å². The smallest absolute Gasteiger partial charge is 0.161 e. The van der Waals surface area contributed by atoms with Gasteiger partial charge in [-0.15, -0.1) is 0 Å². The Morgan fingerprint density at radius 3 is 1.45 bits per heavy atom. The fourth-order valence-corrected chi connectivity index (χ4v) is 5.21. The third-order valence-electron chi connectivity index (χ3n) is 7.29. The highest BCUT2D eigenvalue weighted by Crippen LogP contribution is 2.36. The Labute approximate surface area is 286 Å². The summed E-state index contributed by atoms with van der Waals surface area (Å²) in [6, 6.07) is 45.3. The third kappa shape index (κ3) is 7.90. The van der Waals surface area contributed by atoms with E-state index in [0.29, 0.717) is 28.1 Å². The van der Waals surface area contributed by atoms with Crippen molar-refractivity contribution in [2.24, 2.45) is 0 Å². The van der Waals surface area contributed by atoms with Crippen molar-refractivity contribution < 1.29 is 20.4 Å². The zero-order valence-corrected chi connectivity index (χ0v) is 26.6. The van der Waals surface area contributed by atoms with Crippen LogP contribution in [0.25, 0.3) is 55.8 Å². The second-order valence-electron chi connectivity index (χ2n) is 10.7. The summed E-state index contributed by atoms with van der Waals surface area (Å²) in [4.78, 5) is 18.2. The minimum atomic E-state index is -0.0159. The molecule has 0 saturated carbocycles. The number of phenolic OH excluding ortho intramolecular Hbond substituents is 4. The standard InChI is InChI=1S/C20H14N2O2.C14H9ClN2.C6H6O2/c23-14-10-11-16(18(24)12-14)19-15-8-4-5-9-17(15)21-20(22-19)13-6-2-1-3-7-13;15-13-11-8-4-5-9-12(11)16-14(17-13)10-6-2-1-3-7-10;7-5-2-1-3-6(8)4-5/h1-12,23-24H;1-9H;1-4,7-8H. The van der Waals surface area contributed by atoms with Gasteiger partial charge >= 0.3 is 0 Å². The average Bonchev–Trinajstić information content (AvgIpc) is 3.12. The summed E-state index contributed by atoms with van der Waals surface area (Å²) in [6.07, 6.45) is 0. The average molecular weight is 665 g/mol. The maximum absolute atomic E-state index is 10.2. The number of halogens is 1. The molecule has 0 fully saturated rings. The lowest BCUT2D eigenvalue weighted by Crippen LogP contribution is -1.95. The number of para-hydroxylation sites is 2. The van der Waals surface area contributed by atoms with Gasteiger partial charge in [-0.05, 0) is 42.5 Å². The molecule has 0 amide bonds. The molecular weight excluding hydrogens is 636 g/mol. The molecule has 8 rings (SSSR count). The minimum absolute atomic E-state index is 0.0119. The van der Waals surface area contributed by atoms with Crippen LogP contribution >= 0.6 is 11.6 Å². The molecule has 240 valence electrons. The van der Waals surface area contributed by atoms with Crippen molar-refractivity contribution in [3.05, 3.63) is 157 Å². The number of fused-ring (bicyclic) bond motifs is 2. The van der Waals surface area contributed by atoms with Gasteiger partial charge < -0.3 is 20.4 Å². The predicted molar refractivity (Wildman–Crippen MR) is 193 cm³/mol. The predicted octanol–water partition coefficient (Wildman–Crippen LogP) is 9.42. The van der Waals surface area contributed by atoms with E-state index < -0.39 is 0 Å². The molecule has 2 heterocycles. The lowest BCUT2D eigenvalue weighted by Gasteiger charge is -2.10. The van der Waals surface area contributed by atoms with E-state index in [2.05, 4.69) is 19.9 Å². The highest BCUT2D eigenvalue weighted by atomic mass is 35.5. The Bertz CT molecular complexity index is 2340. The Hall–Kier alpha value is -6.51. The molecule has 0 aliphatic rings. The summed E-state index contributed by atoms with van der Waals surface area (Å²) in [5.41, 5.74) is 4.74. The molecule has 49 heavy (non-hydrogen) atoms. The minimum Gasteiger partial charge on any atom is -0.508 e. The van der Waals surface area contributed by atoms with Crippen LogP contribution in [0.5, 0.6) is 23.0 Å². The number of nitrogens with zero attached hydrogens (tertiary/aromatic N) is 4. The van der Waals surface area contributed by atoms with Crippen molar-refractivity contribution in [3.63, 3.8) is 0 Å². The van der Waals surface area contributed by atoms with E-state index in [1.807, 2.05) is 109 Å². The first-order valence-corrected chi connectivity index (χ1v) is 15.5. The fourth-order valence-electron chi connectivity index (χ4n) is 4.97. The molecule has 6 aromatic carbocycles. The molecule has 0 aliphatic heterocycles. The van der Waals surface area contributed by atoms with Gasteiger partial charge in [-0.25, -0.2) is 19.9 Å². The molecule has 0 atom stereocenters. The van der Waals surface area contributed by atoms with Crippen LogP contribution in [0.2, 0.25) is 5.15 Å². The van der Waals surface area contributed by atoms with Crippen LogP contribution in [-0.4, -0.2) is 40.4 Å². The van der Waals surface area contributed by atoms with Crippen LogP contribution in [0, 0.1) is 0 Å². The number of hydrogen-bond donors (Lipinski definition) is 4. The van der Waals surface area contributed by atoms with E-state index >= 15 is 0 Å². The first-order chi connectivity index (χ1) is 23.9. The number of benzene rings is 6. The quantitative estimate of drug-likeness (QED) is 0.137. The van der Waals surface area contributed by atoms with E-state index in [-0.39, 0.29) is 23.0 Å².